The maximum absolute atomic E-state index is 12.3. The van der Waals surface area contributed by atoms with Crippen LogP contribution in [0.2, 0.25) is 0 Å². The van der Waals surface area contributed by atoms with Gasteiger partial charge in [-0.2, -0.15) is 13.2 Å². The number of nitro groups is 1. The molecule has 0 spiro atoms. The summed E-state index contributed by atoms with van der Waals surface area (Å²) < 4.78 is 41.5. The molecular weight excluding hydrogens is 399 g/mol. The molecule has 9 nitrogen and oxygen atoms in total. The number of ether oxygens (including phenoxy) is 1. The van der Waals surface area contributed by atoms with Crippen LogP contribution in [0.5, 0.6) is 0 Å². The molecule has 0 fully saturated rings. The van der Waals surface area contributed by atoms with E-state index in [2.05, 4.69) is 5.32 Å². The van der Waals surface area contributed by atoms with Crippen LogP contribution in [-0.2, 0) is 14.3 Å². The van der Waals surface area contributed by atoms with Crippen molar-refractivity contribution < 1.29 is 37.2 Å². The van der Waals surface area contributed by atoms with Crippen molar-refractivity contribution in [1.82, 2.24) is 0 Å². The lowest BCUT2D eigenvalue weighted by Gasteiger charge is -2.09. The van der Waals surface area contributed by atoms with E-state index in [4.69, 9.17) is 4.74 Å². The molecule has 0 saturated heterocycles. The van der Waals surface area contributed by atoms with Gasteiger partial charge in [0.2, 0.25) is 0 Å². The Hall–Kier alpha value is -3.96. The van der Waals surface area contributed by atoms with Gasteiger partial charge in [-0.25, -0.2) is 4.79 Å². The van der Waals surface area contributed by atoms with Crippen LogP contribution in [0.4, 0.5) is 30.2 Å². The molecule has 0 bridgehead atoms. The molecule has 0 heterocycles. The predicted octanol–water partition coefficient (Wildman–Crippen LogP) is 2.89. The molecule has 2 amide bonds. The summed E-state index contributed by atoms with van der Waals surface area (Å²) in [6.45, 7) is -0.749. The number of nitrogens with zero attached hydrogens (tertiary/aromatic N) is 1. The SMILES string of the molecule is O=C(COC(=O)c1cccc(NC(=O)C(F)(F)F)c1)Nc1cccc([N+](=O)[O-])c1. The highest BCUT2D eigenvalue weighted by Gasteiger charge is 2.38. The number of carbonyl (C=O) groups is 3. The minimum atomic E-state index is -5.10. The second kappa shape index (κ2) is 8.82. The quantitative estimate of drug-likeness (QED) is 0.427. The smallest absolute Gasteiger partial charge is 0.452 e. The first kappa shape index (κ1) is 21.3. The Morgan fingerprint density at radius 3 is 2.24 bits per heavy atom. The molecule has 12 heteroatoms. The molecule has 0 aliphatic heterocycles. The summed E-state index contributed by atoms with van der Waals surface area (Å²) in [5.74, 6) is -4.03. The van der Waals surface area contributed by atoms with Crippen LogP contribution in [-0.4, -0.2) is 35.5 Å². The Morgan fingerprint density at radius 2 is 1.62 bits per heavy atom. The minimum Gasteiger partial charge on any atom is -0.452 e. The van der Waals surface area contributed by atoms with Crippen molar-refractivity contribution in [2.45, 2.75) is 6.18 Å². The van der Waals surface area contributed by atoms with E-state index in [-0.39, 0.29) is 22.6 Å². The first-order valence-electron chi connectivity index (χ1n) is 7.76. The van der Waals surface area contributed by atoms with Gasteiger partial charge in [-0.15, -0.1) is 0 Å². The number of nitro benzene ring substituents is 1. The maximum Gasteiger partial charge on any atom is 0.471 e. The van der Waals surface area contributed by atoms with Gasteiger partial charge in [0.25, 0.3) is 11.6 Å². The zero-order chi connectivity index (χ0) is 21.6. The van der Waals surface area contributed by atoms with Crippen LogP contribution in [0, 0.1) is 10.1 Å². The molecule has 2 N–H and O–H groups in total. The fourth-order valence-electron chi connectivity index (χ4n) is 2.03. The van der Waals surface area contributed by atoms with Gasteiger partial charge in [-0.1, -0.05) is 12.1 Å². The van der Waals surface area contributed by atoms with E-state index in [1.165, 1.54) is 30.3 Å². The van der Waals surface area contributed by atoms with E-state index in [0.29, 0.717) is 0 Å². The molecule has 0 aliphatic carbocycles. The number of anilines is 2. The molecule has 0 saturated carbocycles. The van der Waals surface area contributed by atoms with Gasteiger partial charge in [0.05, 0.1) is 10.5 Å². The third kappa shape index (κ3) is 6.30. The number of nitrogens with one attached hydrogen (secondary N) is 2. The molecule has 29 heavy (non-hydrogen) atoms. The lowest BCUT2D eigenvalue weighted by Crippen LogP contribution is -2.30. The summed E-state index contributed by atoms with van der Waals surface area (Å²) in [4.78, 5) is 44.7. The van der Waals surface area contributed by atoms with Crippen LogP contribution in [0.3, 0.4) is 0 Å². The maximum atomic E-state index is 12.3. The van der Waals surface area contributed by atoms with Crippen molar-refractivity contribution in [3.63, 3.8) is 0 Å². The lowest BCUT2D eigenvalue weighted by molar-refractivity contribution is -0.384. The zero-order valence-corrected chi connectivity index (χ0v) is 14.4. The summed E-state index contributed by atoms with van der Waals surface area (Å²) in [5.41, 5.74) is -0.634. The minimum absolute atomic E-state index is 0.108. The molecule has 0 aliphatic rings. The number of benzene rings is 2. The molecule has 2 aromatic rings. The number of carbonyl (C=O) groups excluding carboxylic acids is 3. The predicted molar refractivity (Wildman–Crippen MR) is 93.1 cm³/mol. The third-order valence-corrected chi connectivity index (χ3v) is 3.29. The topological polar surface area (TPSA) is 128 Å². The Kier molecular flexibility index (Phi) is 6.49. The van der Waals surface area contributed by atoms with Crippen LogP contribution in [0.15, 0.2) is 48.5 Å². The van der Waals surface area contributed by atoms with Crippen LogP contribution in [0.1, 0.15) is 10.4 Å². The summed E-state index contributed by atoms with van der Waals surface area (Å²) >= 11 is 0. The van der Waals surface area contributed by atoms with Gasteiger partial charge in [-0.3, -0.25) is 19.7 Å². The molecule has 0 atom stereocenters. The van der Waals surface area contributed by atoms with Gasteiger partial charge in [0.1, 0.15) is 0 Å². The molecule has 2 rings (SSSR count). The van der Waals surface area contributed by atoms with E-state index in [0.717, 1.165) is 18.2 Å². The molecule has 0 aromatic heterocycles. The lowest BCUT2D eigenvalue weighted by atomic mass is 10.2. The largest absolute Gasteiger partial charge is 0.471 e. The number of amides is 2. The molecule has 0 unspecified atom stereocenters. The Bertz CT molecular complexity index is 961. The number of halogens is 3. The van der Waals surface area contributed by atoms with Crippen molar-refractivity contribution in [2.24, 2.45) is 0 Å². The van der Waals surface area contributed by atoms with E-state index in [1.54, 1.807) is 5.32 Å². The standard InChI is InChI=1S/C17H12F3N3O6/c18-17(19,20)16(26)22-11-4-1-3-10(7-11)15(25)29-9-14(24)21-12-5-2-6-13(8-12)23(27)28/h1-8H,9H2,(H,21,24)(H,22,26). The van der Waals surface area contributed by atoms with E-state index in [1.807, 2.05) is 0 Å². The van der Waals surface area contributed by atoms with Gasteiger partial charge in [0, 0.05) is 23.5 Å². The Labute approximate surface area is 160 Å². The van der Waals surface area contributed by atoms with Crippen LogP contribution in [0.25, 0.3) is 0 Å². The molecule has 0 radical (unpaired) electrons. The third-order valence-electron chi connectivity index (χ3n) is 3.29. The van der Waals surface area contributed by atoms with Gasteiger partial charge in [-0.05, 0) is 24.3 Å². The monoisotopic (exact) mass is 411 g/mol. The highest BCUT2D eigenvalue weighted by Crippen LogP contribution is 2.19. The number of non-ortho nitro benzene ring substituents is 1. The molecule has 2 aromatic carbocycles. The second-order valence-corrected chi connectivity index (χ2v) is 5.46. The number of hydrogen-bond donors (Lipinski definition) is 2. The highest BCUT2D eigenvalue weighted by atomic mass is 19.4. The van der Waals surface area contributed by atoms with E-state index in [9.17, 15) is 37.7 Å². The Morgan fingerprint density at radius 1 is 1.00 bits per heavy atom. The Balaban J connectivity index is 1.94. The first-order valence-corrected chi connectivity index (χ1v) is 7.76. The average Bonchev–Trinajstić information content (AvgIpc) is 2.65. The number of rotatable bonds is 6. The number of alkyl halides is 3. The zero-order valence-electron chi connectivity index (χ0n) is 14.4. The van der Waals surface area contributed by atoms with Gasteiger partial charge >= 0.3 is 18.1 Å². The van der Waals surface area contributed by atoms with Crippen molar-refractivity contribution in [2.75, 3.05) is 17.2 Å². The summed E-state index contributed by atoms with van der Waals surface area (Å²) in [5, 5.41) is 14.6. The van der Waals surface area contributed by atoms with Crippen molar-refractivity contribution in [3.8, 4) is 0 Å². The summed E-state index contributed by atoms with van der Waals surface area (Å²) in [7, 11) is 0. The second-order valence-electron chi connectivity index (χ2n) is 5.46. The van der Waals surface area contributed by atoms with Crippen LogP contribution >= 0.6 is 0 Å². The highest BCUT2D eigenvalue weighted by molar-refractivity contribution is 5.98. The van der Waals surface area contributed by atoms with Crippen molar-refractivity contribution in [3.05, 3.63) is 64.2 Å². The van der Waals surface area contributed by atoms with E-state index >= 15 is 0 Å². The van der Waals surface area contributed by atoms with Crippen LogP contribution < -0.4 is 10.6 Å². The van der Waals surface area contributed by atoms with Crippen molar-refractivity contribution >= 4 is 34.8 Å². The fraction of sp³-hybridized carbons (Fsp3) is 0.118. The first-order chi connectivity index (χ1) is 13.6. The number of esters is 1. The van der Waals surface area contributed by atoms with E-state index < -0.39 is 35.5 Å². The summed E-state index contributed by atoms with van der Waals surface area (Å²) in [6.07, 6.45) is -5.10. The summed E-state index contributed by atoms with van der Waals surface area (Å²) in [6, 6.07) is 9.57. The number of hydrogen-bond acceptors (Lipinski definition) is 6. The van der Waals surface area contributed by atoms with Gasteiger partial charge in [0.15, 0.2) is 6.61 Å². The van der Waals surface area contributed by atoms with Gasteiger partial charge < -0.3 is 15.4 Å². The molecule has 152 valence electrons. The fourth-order valence-corrected chi connectivity index (χ4v) is 2.03. The van der Waals surface area contributed by atoms with Crippen molar-refractivity contribution in [1.29, 1.82) is 0 Å². The molecular formula is C17H12F3N3O6. The normalized spacial score (nSPS) is 10.7. The average molecular weight is 411 g/mol.